The molecule has 1 amide bonds. The van der Waals surface area contributed by atoms with Gasteiger partial charge in [0, 0.05) is 38.1 Å². The van der Waals surface area contributed by atoms with Crippen molar-refractivity contribution in [3.05, 3.63) is 28.1 Å². The molecular weight excluding hydrogens is 284 g/mol. The van der Waals surface area contributed by atoms with Crippen molar-refractivity contribution in [3.63, 3.8) is 0 Å². The molecule has 110 valence electrons. The first-order valence-corrected chi connectivity index (χ1v) is 7.05. The highest BCUT2D eigenvalue weighted by Crippen LogP contribution is 2.15. The third-order valence-electron chi connectivity index (χ3n) is 3.39. The van der Waals surface area contributed by atoms with Crippen molar-refractivity contribution in [2.45, 2.75) is 6.42 Å². The van der Waals surface area contributed by atoms with Crippen LogP contribution in [0.4, 0.5) is 5.69 Å². The minimum Gasteiger partial charge on any atom is -0.351 e. The molecule has 1 N–H and O–H groups in total. The van der Waals surface area contributed by atoms with E-state index in [1.165, 1.54) is 12.3 Å². The predicted octanol–water partition coefficient (Wildman–Crippen LogP) is 1.31. The summed E-state index contributed by atoms with van der Waals surface area (Å²) in [4.78, 5) is 29.0. The van der Waals surface area contributed by atoms with Gasteiger partial charge in [0.1, 0.15) is 5.69 Å². The topological polar surface area (TPSA) is 82.5 Å². The number of alkyl halides is 1. The molecule has 1 saturated heterocycles. The van der Waals surface area contributed by atoms with Gasteiger partial charge in [0.25, 0.3) is 11.6 Å². The van der Waals surface area contributed by atoms with Crippen LogP contribution in [0.5, 0.6) is 0 Å². The maximum Gasteiger partial charge on any atom is 0.287 e. The van der Waals surface area contributed by atoms with Crippen LogP contribution in [0.15, 0.2) is 12.3 Å². The van der Waals surface area contributed by atoms with Gasteiger partial charge in [-0.05, 0) is 13.0 Å². The Morgan fingerprint density at radius 1 is 1.40 bits per heavy atom. The van der Waals surface area contributed by atoms with Crippen LogP contribution in [-0.2, 0) is 0 Å². The molecule has 0 unspecified atom stereocenters. The molecule has 1 aliphatic rings. The number of aromatic amines is 1. The molecule has 2 heterocycles. The smallest absolute Gasteiger partial charge is 0.287 e. The molecule has 0 spiro atoms. The van der Waals surface area contributed by atoms with Crippen molar-refractivity contribution in [2.75, 3.05) is 38.6 Å². The summed E-state index contributed by atoms with van der Waals surface area (Å²) in [6.07, 6.45) is 2.12. The second-order valence-electron chi connectivity index (χ2n) is 4.71. The summed E-state index contributed by atoms with van der Waals surface area (Å²) in [5.41, 5.74) is 0.175. The number of nitrogens with zero attached hydrogens (tertiary/aromatic N) is 3. The van der Waals surface area contributed by atoms with Gasteiger partial charge in [-0.2, -0.15) is 0 Å². The highest BCUT2D eigenvalue weighted by molar-refractivity contribution is 6.18. The van der Waals surface area contributed by atoms with Crippen LogP contribution in [0.2, 0.25) is 0 Å². The largest absolute Gasteiger partial charge is 0.351 e. The molecular formula is C12H17ClN4O3. The average molecular weight is 301 g/mol. The first kappa shape index (κ1) is 14.8. The maximum atomic E-state index is 12.3. The van der Waals surface area contributed by atoms with Crippen molar-refractivity contribution >= 4 is 23.2 Å². The number of hydrogen-bond acceptors (Lipinski definition) is 4. The molecule has 1 aromatic rings. The van der Waals surface area contributed by atoms with Crippen molar-refractivity contribution in [1.29, 1.82) is 0 Å². The fraction of sp³-hybridized carbons (Fsp3) is 0.583. The Kier molecular flexibility index (Phi) is 4.97. The molecule has 7 nitrogen and oxygen atoms in total. The summed E-state index contributed by atoms with van der Waals surface area (Å²) in [5, 5.41) is 10.6. The lowest BCUT2D eigenvalue weighted by Gasteiger charge is -2.20. The molecule has 1 aliphatic heterocycles. The second kappa shape index (κ2) is 6.71. The average Bonchev–Trinajstić information content (AvgIpc) is 2.80. The van der Waals surface area contributed by atoms with E-state index in [4.69, 9.17) is 11.6 Å². The van der Waals surface area contributed by atoms with E-state index in [0.717, 1.165) is 26.1 Å². The predicted molar refractivity (Wildman–Crippen MR) is 75.1 cm³/mol. The Balaban J connectivity index is 1.99. The van der Waals surface area contributed by atoms with Crippen LogP contribution in [0, 0.1) is 10.1 Å². The number of aromatic nitrogens is 1. The summed E-state index contributed by atoms with van der Waals surface area (Å²) in [6, 6.07) is 1.28. The summed E-state index contributed by atoms with van der Waals surface area (Å²) in [6.45, 7) is 3.78. The molecule has 1 fully saturated rings. The monoisotopic (exact) mass is 300 g/mol. The zero-order valence-electron chi connectivity index (χ0n) is 11.0. The van der Waals surface area contributed by atoms with Crippen LogP contribution >= 0.6 is 11.6 Å². The molecule has 0 atom stereocenters. The maximum absolute atomic E-state index is 12.3. The van der Waals surface area contributed by atoms with Gasteiger partial charge >= 0.3 is 0 Å². The summed E-state index contributed by atoms with van der Waals surface area (Å²) >= 11 is 5.72. The lowest BCUT2D eigenvalue weighted by molar-refractivity contribution is -0.384. The van der Waals surface area contributed by atoms with Gasteiger partial charge in [0.2, 0.25) is 0 Å². The van der Waals surface area contributed by atoms with E-state index in [2.05, 4.69) is 9.88 Å². The van der Waals surface area contributed by atoms with Crippen LogP contribution in [-0.4, -0.2) is 64.2 Å². The molecule has 0 saturated carbocycles. The Labute approximate surface area is 121 Å². The Bertz CT molecular complexity index is 491. The molecule has 8 heteroatoms. The van der Waals surface area contributed by atoms with Gasteiger partial charge in [-0.1, -0.05) is 0 Å². The van der Waals surface area contributed by atoms with Gasteiger partial charge in [-0.3, -0.25) is 14.9 Å². The summed E-state index contributed by atoms with van der Waals surface area (Å²) < 4.78 is 0. The van der Waals surface area contributed by atoms with E-state index >= 15 is 0 Å². The van der Waals surface area contributed by atoms with Crippen molar-refractivity contribution < 1.29 is 9.72 Å². The quantitative estimate of drug-likeness (QED) is 0.516. The number of amides is 1. The molecule has 0 bridgehead atoms. The zero-order chi connectivity index (χ0) is 14.5. The van der Waals surface area contributed by atoms with Gasteiger partial charge in [-0.15, -0.1) is 11.6 Å². The number of hydrogen-bond donors (Lipinski definition) is 1. The van der Waals surface area contributed by atoms with E-state index in [-0.39, 0.29) is 17.3 Å². The van der Waals surface area contributed by atoms with E-state index in [0.29, 0.717) is 19.0 Å². The minimum absolute atomic E-state index is 0.0908. The molecule has 20 heavy (non-hydrogen) atoms. The lowest BCUT2D eigenvalue weighted by atomic mass is 10.3. The number of halogens is 1. The van der Waals surface area contributed by atoms with Gasteiger partial charge in [-0.25, -0.2) is 0 Å². The lowest BCUT2D eigenvalue weighted by Crippen LogP contribution is -2.35. The number of carbonyl (C=O) groups excluding carboxylic acids is 1. The summed E-state index contributed by atoms with van der Waals surface area (Å²) in [7, 11) is 0. The van der Waals surface area contributed by atoms with Crippen LogP contribution in [0.1, 0.15) is 16.9 Å². The van der Waals surface area contributed by atoms with E-state index in [1.54, 1.807) is 4.90 Å². The van der Waals surface area contributed by atoms with E-state index in [9.17, 15) is 14.9 Å². The Hall–Kier alpha value is -1.60. The van der Waals surface area contributed by atoms with Gasteiger partial charge < -0.3 is 14.8 Å². The zero-order valence-corrected chi connectivity index (χ0v) is 11.8. The van der Waals surface area contributed by atoms with Crippen LogP contribution in [0.25, 0.3) is 0 Å². The molecule has 2 rings (SSSR count). The number of carbonyl (C=O) groups is 1. The fourth-order valence-electron chi connectivity index (χ4n) is 2.30. The molecule has 0 aromatic carbocycles. The highest BCUT2D eigenvalue weighted by Gasteiger charge is 2.22. The van der Waals surface area contributed by atoms with Crippen molar-refractivity contribution in [3.8, 4) is 0 Å². The number of H-pyrrole nitrogens is 1. The molecule has 0 radical (unpaired) electrons. The van der Waals surface area contributed by atoms with Crippen LogP contribution in [0.3, 0.4) is 0 Å². The minimum atomic E-state index is -0.516. The third-order valence-corrected chi connectivity index (χ3v) is 3.55. The number of nitro groups is 1. The second-order valence-corrected chi connectivity index (χ2v) is 5.08. The van der Waals surface area contributed by atoms with E-state index in [1.807, 2.05) is 0 Å². The van der Waals surface area contributed by atoms with E-state index < -0.39 is 4.92 Å². The van der Waals surface area contributed by atoms with Crippen molar-refractivity contribution in [2.24, 2.45) is 0 Å². The standard InChI is InChI=1S/C12H17ClN4O3/c13-2-5-15-3-1-4-16(7-6-15)12(18)11-8-10(9-14-11)17(19)20/h8-9,14H,1-7H2. The van der Waals surface area contributed by atoms with Gasteiger partial charge in [0.15, 0.2) is 0 Å². The Morgan fingerprint density at radius 3 is 2.85 bits per heavy atom. The Morgan fingerprint density at radius 2 is 2.20 bits per heavy atom. The fourth-order valence-corrected chi connectivity index (χ4v) is 2.54. The number of nitrogens with one attached hydrogen (secondary N) is 1. The third kappa shape index (κ3) is 3.49. The first-order chi connectivity index (χ1) is 9.61. The normalized spacial score (nSPS) is 16.9. The summed E-state index contributed by atoms with van der Waals surface area (Å²) in [5.74, 6) is 0.391. The van der Waals surface area contributed by atoms with Crippen molar-refractivity contribution in [1.82, 2.24) is 14.8 Å². The molecule has 1 aromatic heterocycles. The highest BCUT2D eigenvalue weighted by atomic mass is 35.5. The van der Waals surface area contributed by atoms with Gasteiger partial charge in [0.05, 0.1) is 11.1 Å². The van der Waals surface area contributed by atoms with Crippen LogP contribution < -0.4 is 0 Å². The number of rotatable bonds is 4. The first-order valence-electron chi connectivity index (χ1n) is 6.52. The molecule has 0 aliphatic carbocycles. The SMILES string of the molecule is O=C(c1cc([N+](=O)[O-])c[nH]1)N1CCCN(CCCl)CC1.